The van der Waals surface area contributed by atoms with Crippen LogP contribution < -0.4 is 5.73 Å². The molecular formula is C13H25N3O. The van der Waals surface area contributed by atoms with Gasteiger partial charge in [0.25, 0.3) is 0 Å². The molecule has 0 spiro atoms. The fourth-order valence-corrected chi connectivity index (χ4v) is 3.30. The SMILES string of the molecule is COCC1(C(C)C)CN=C(N)N1C1CCCC1. The van der Waals surface area contributed by atoms with Crippen LogP contribution in [0.1, 0.15) is 39.5 Å². The molecule has 0 saturated heterocycles. The smallest absolute Gasteiger partial charge is 0.192 e. The molecule has 1 unspecified atom stereocenters. The zero-order valence-electron chi connectivity index (χ0n) is 11.3. The van der Waals surface area contributed by atoms with Crippen molar-refractivity contribution in [3.05, 3.63) is 0 Å². The maximum absolute atomic E-state index is 6.12. The van der Waals surface area contributed by atoms with Crippen LogP contribution in [-0.4, -0.2) is 42.7 Å². The number of aliphatic imine (C=N–C) groups is 1. The molecule has 0 bridgehead atoms. The fourth-order valence-electron chi connectivity index (χ4n) is 3.30. The number of nitrogens with two attached hydrogens (primary N) is 1. The minimum Gasteiger partial charge on any atom is -0.382 e. The average molecular weight is 239 g/mol. The minimum atomic E-state index is -0.0200. The first-order valence-corrected chi connectivity index (χ1v) is 6.70. The van der Waals surface area contributed by atoms with Crippen LogP contribution in [0.4, 0.5) is 0 Å². The normalized spacial score (nSPS) is 30.4. The Morgan fingerprint density at radius 2 is 2.12 bits per heavy atom. The first-order valence-electron chi connectivity index (χ1n) is 6.70. The predicted octanol–water partition coefficient (Wildman–Crippen LogP) is 1.60. The summed E-state index contributed by atoms with van der Waals surface area (Å²) in [6.07, 6.45) is 5.12. The van der Waals surface area contributed by atoms with Crippen LogP contribution in [0.15, 0.2) is 4.99 Å². The summed E-state index contributed by atoms with van der Waals surface area (Å²) in [7, 11) is 1.77. The third kappa shape index (κ3) is 2.03. The number of hydrogen-bond acceptors (Lipinski definition) is 4. The van der Waals surface area contributed by atoms with E-state index >= 15 is 0 Å². The van der Waals surface area contributed by atoms with Gasteiger partial charge in [-0.3, -0.25) is 4.99 Å². The van der Waals surface area contributed by atoms with Crippen LogP contribution in [0.25, 0.3) is 0 Å². The van der Waals surface area contributed by atoms with Crippen molar-refractivity contribution in [3.63, 3.8) is 0 Å². The van der Waals surface area contributed by atoms with Crippen molar-refractivity contribution in [2.24, 2.45) is 16.6 Å². The predicted molar refractivity (Wildman–Crippen MR) is 70.0 cm³/mol. The lowest BCUT2D eigenvalue weighted by Gasteiger charge is -2.45. The lowest BCUT2D eigenvalue weighted by molar-refractivity contribution is 0.0155. The summed E-state index contributed by atoms with van der Waals surface area (Å²) in [6.45, 7) is 5.98. The zero-order valence-corrected chi connectivity index (χ0v) is 11.3. The van der Waals surface area contributed by atoms with Crippen LogP contribution in [0.5, 0.6) is 0 Å². The fraction of sp³-hybridized carbons (Fsp3) is 0.923. The van der Waals surface area contributed by atoms with Crippen molar-refractivity contribution >= 4 is 5.96 Å². The Hall–Kier alpha value is -0.770. The van der Waals surface area contributed by atoms with Crippen molar-refractivity contribution in [3.8, 4) is 0 Å². The highest BCUT2D eigenvalue weighted by Crippen LogP contribution is 2.36. The molecule has 1 heterocycles. The van der Waals surface area contributed by atoms with E-state index in [0.29, 0.717) is 18.6 Å². The first kappa shape index (κ1) is 12.7. The largest absolute Gasteiger partial charge is 0.382 e. The summed E-state index contributed by atoms with van der Waals surface area (Å²) in [5.74, 6) is 1.22. The third-order valence-electron chi connectivity index (χ3n) is 4.40. The van der Waals surface area contributed by atoms with Gasteiger partial charge in [0, 0.05) is 13.2 Å². The molecule has 2 aliphatic rings. The van der Waals surface area contributed by atoms with Gasteiger partial charge in [0.2, 0.25) is 0 Å². The van der Waals surface area contributed by atoms with Crippen molar-refractivity contribution < 1.29 is 4.74 Å². The molecule has 0 aromatic carbocycles. The van der Waals surface area contributed by atoms with E-state index in [4.69, 9.17) is 10.5 Å². The number of hydrogen-bond donors (Lipinski definition) is 1. The average Bonchev–Trinajstić information content (AvgIpc) is 2.87. The molecule has 2 rings (SSSR count). The van der Waals surface area contributed by atoms with Gasteiger partial charge in [-0.25, -0.2) is 0 Å². The molecule has 1 aliphatic heterocycles. The third-order valence-corrected chi connectivity index (χ3v) is 4.40. The monoisotopic (exact) mass is 239 g/mol. The number of rotatable bonds is 4. The molecule has 0 radical (unpaired) electrons. The quantitative estimate of drug-likeness (QED) is 0.810. The number of methoxy groups -OCH3 is 1. The van der Waals surface area contributed by atoms with E-state index in [0.717, 1.165) is 12.5 Å². The number of nitrogens with zero attached hydrogens (tertiary/aromatic N) is 2. The highest BCUT2D eigenvalue weighted by molar-refractivity contribution is 5.81. The van der Waals surface area contributed by atoms with Crippen LogP contribution in [0.3, 0.4) is 0 Å². The summed E-state index contributed by atoms with van der Waals surface area (Å²) < 4.78 is 5.46. The summed E-state index contributed by atoms with van der Waals surface area (Å²) in [6, 6.07) is 0.568. The van der Waals surface area contributed by atoms with Gasteiger partial charge < -0.3 is 15.4 Å². The zero-order chi connectivity index (χ0) is 12.5. The van der Waals surface area contributed by atoms with Crippen molar-refractivity contribution in [1.29, 1.82) is 0 Å². The van der Waals surface area contributed by atoms with E-state index in [1.165, 1.54) is 25.7 Å². The molecule has 0 aromatic rings. The number of ether oxygens (including phenoxy) is 1. The Morgan fingerprint density at radius 3 is 2.65 bits per heavy atom. The Balaban J connectivity index is 2.25. The molecule has 0 aromatic heterocycles. The van der Waals surface area contributed by atoms with Gasteiger partial charge in [0.1, 0.15) is 0 Å². The van der Waals surface area contributed by atoms with Crippen LogP contribution >= 0.6 is 0 Å². The van der Waals surface area contributed by atoms with Gasteiger partial charge >= 0.3 is 0 Å². The van der Waals surface area contributed by atoms with Gasteiger partial charge in [-0.15, -0.1) is 0 Å². The molecule has 1 atom stereocenters. The van der Waals surface area contributed by atoms with Crippen LogP contribution in [-0.2, 0) is 4.74 Å². The standard InChI is InChI=1S/C13H25N3O/c1-10(2)13(9-17-3)8-15-12(14)16(13)11-6-4-5-7-11/h10-11H,4-9H2,1-3H3,(H2,14,15). The van der Waals surface area contributed by atoms with E-state index in [2.05, 4.69) is 23.7 Å². The van der Waals surface area contributed by atoms with Crippen molar-refractivity contribution in [2.75, 3.05) is 20.3 Å². The summed E-state index contributed by atoms with van der Waals surface area (Å²) in [5, 5.41) is 0. The second kappa shape index (κ2) is 4.84. The van der Waals surface area contributed by atoms with E-state index in [1.807, 2.05) is 0 Å². The molecule has 17 heavy (non-hydrogen) atoms. The highest BCUT2D eigenvalue weighted by atomic mass is 16.5. The molecule has 1 saturated carbocycles. The first-order chi connectivity index (χ1) is 8.12. The van der Waals surface area contributed by atoms with E-state index < -0.39 is 0 Å². The molecule has 4 nitrogen and oxygen atoms in total. The lowest BCUT2D eigenvalue weighted by Crippen LogP contribution is -2.60. The molecule has 2 N–H and O–H groups in total. The Morgan fingerprint density at radius 1 is 1.47 bits per heavy atom. The second-order valence-corrected chi connectivity index (χ2v) is 5.67. The van der Waals surface area contributed by atoms with Crippen molar-refractivity contribution in [2.45, 2.75) is 51.1 Å². The van der Waals surface area contributed by atoms with E-state index in [1.54, 1.807) is 7.11 Å². The van der Waals surface area contributed by atoms with Crippen LogP contribution in [0, 0.1) is 5.92 Å². The van der Waals surface area contributed by atoms with E-state index in [-0.39, 0.29) is 5.54 Å². The van der Waals surface area contributed by atoms with Gasteiger partial charge in [-0.1, -0.05) is 26.7 Å². The summed E-state index contributed by atoms with van der Waals surface area (Å²) in [4.78, 5) is 6.87. The van der Waals surface area contributed by atoms with Crippen LogP contribution in [0.2, 0.25) is 0 Å². The van der Waals surface area contributed by atoms with Gasteiger partial charge in [0.15, 0.2) is 5.96 Å². The Bertz CT molecular complexity index is 297. The molecule has 0 amide bonds. The maximum Gasteiger partial charge on any atom is 0.192 e. The topological polar surface area (TPSA) is 50.9 Å². The van der Waals surface area contributed by atoms with Crippen molar-refractivity contribution in [1.82, 2.24) is 4.90 Å². The summed E-state index contributed by atoms with van der Waals surface area (Å²) in [5.41, 5.74) is 6.10. The van der Waals surface area contributed by atoms with E-state index in [9.17, 15) is 0 Å². The highest BCUT2D eigenvalue weighted by Gasteiger charge is 2.48. The summed E-state index contributed by atoms with van der Waals surface area (Å²) >= 11 is 0. The molecule has 98 valence electrons. The molecule has 1 fully saturated rings. The number of guanidine groups is 1. The minimum absolute atomic E-state index is 0.0200. The van der Waals surface area contributed by atoms with Gasteiger partial charge in [0.05, 0.1) is 18.7 Å². The maximum atomic E-state index is 6.12. The molecule has 1 aliphatic carbocycles. The molecular weight excluding hydrogens is 214 g/mol. The molecule has 4 heteroatoms. The Labute approximate surface area is 104 Å². The van der Waals surface area contributed by atoms with Gasteiger partial charge in [-0.2, -0.15) is 0 Å². The van der Waals surface area contributed by atoms with Gasteiger partial charge in [-0.05, 0) is 18.8 Å². The second-order valence-electron chi connectivity index (χ2n) is 5.67. The lowest BCUT2D eigenvalue weighted by atomic mass is 9.85. The Kier molecular flexibility index (Phi) is 3.61.